The van der Waals surface area contributed by atoms with Crippen molar-refractivity contribution in [2.45, 2.75) is 39.7 Å². The molecule has 16 heavy (non-hydrogen) atoms. The van der Waals surface area contributed by atoms with Crippen LogP contribution in [-0.4, -0.2) is 6.54 Å². The highest BCUT2D eigenvalue weighted by atomic mass is 79.9. The first-order valence-electron chi connectivity index (χ1n) is 6.08. The first-order chi connectivity index (χ1) is 7.59. The van der Waals surface area contributed by atoms with E-state index in [-0.39, 0.29) is 0 Å². The highest BCUT2D eigenvalue weighted by Crippen LogP contribution is 2.16. The van der Waals surface area contributed by atoms with Crippen LogP contribution in [0.5, 0.6) is 0 Å². The lowest BCUT2D eigenvalue weighted by Gasteiger charge is -2.14. The normalized spacial score (nSPS) is 13.1. The van der Waals surface area contributed by atoms with E-state index in [0.717, 1.165) is 16.9 Å². The molecule has 0 saturated heterocycles. The summed E-state index contributed by atoms with van der Waals surface area (Å²) in [5.74, 6) is 0.810. The lowest BCUT2D eigenvalue weighted by atomic mass is 10.1. The van der Waals surface area contributed by atoms with Crippen LogP contribution in [0.25, 0.3) is 0 Å². The zero-order chi connectivity index (χ0) is 12.0. The Bertz CT molecular complexity index is 292. The zero-order valence-corrected chi connectivity index (χ0v) is 12.0. The highest BCUT2D eigenvalue weighted by Gasteiger charge is 2.03. The third-order valence-corrected chi connectivity index (χ3v) is 3.31. The Morgan fingerprint density at radius 3 is 2.31 bits per heavy atom. The van der Waals surface area contributed by atoms with Gasteiger partial charge < -0.3 is 5.32 Å². The van der Waals surface area contributed by atoms with Crippen molar-refractivity contribution in [1.29, 1.82) is 0 Å². The van der Waals surface area contributed by atoms with Crippen molar-refractivity contribution in [1.82, 2.24) is 5.32 Å². The molecule has 0 fully saturated rings. The Morgan fingerprint density at radius 1 is 1.12 bits per heavy atom. The Kier molecular flexibility index (Phi) is 6.07. The Morgan fingerprint density at radius 2 is 1.75 bits per heavy atom. The lowest BCUT2D eigenvalue weighted by Crippen LogP contribution is -2.20. The van der Waals surface area contributed by atoms with Crippen molar-refractivity contribution in [3.63, 3.8) is 0 Å². The summed E-state index contributed by atoms with van der Waals surface area (Å²) in [5, 5.41) is 3.56. The molecule has 0 radical (unpaired) electrons. The minimum Gasteiger partial charge on any atom is -0.310 e. The molecule has 90 valence electrons. The highest BCUT2D eigenvalue weighted by molar-refractivity contribution is 9.10. The summed E-state index contributed by atoms with van der Waals surface area (Å²) in [5.41, 5.74) is 1.35. The monoisotopic (exact) mass is 283 g/mol. The first kappa shape index (κ1) is 13.7. The molecule has 1 N–H and O–H groups in total. The van der Waals surface area contributed by atoms with E-state index < -0.39 is 0 Å². The Labute approximate surface area is 108 Å². The molecule has 0 aromatic heterocycles. The summed E-state index contributed by atoms with van der Waals surface area (Å²) < 4.78 is 1.14. The maximum atomic E-state index is 3.56. The molecule has 2 heteroatoms. The molecule has 1 aromatic carbocycles. The molecule has 0 aliphatic heterocycles. The second-order valence-electron chi connectivity index (χ2n) is 4.76. The number of nitrogens with one attached hydrogen (secondary N) is 1. The third-order valence-electron chi connectivity index (χ3n) is 2.78. The molecule has 1 nitrogen and oxygen atoms in total. The Balaban J connectivity index is 2.29. The largest absolute Gasteiger partial charge is 0.310 e. The van der Waals surface area contributed by atoms with Gasteiger partial charge in [-0.25, -0.2) is 0 Å². The fourth-order valence-corrected chi connectivity index (χ4v) is 1.96. The van der Waals surface area contributed by atoms with Crippen molar-refractivity contribution >= 4 is 15.9 Å². The van der Waals surface area contributed by atoms with Gasteiger partial charge >= 0.3 is 0 Å². The maximum absolute atomic E-state index is 3.56. The van der Waals surface area contributed by atoms with Crippen molar-refractivity contribution < 1.29 is 0 Å². The molecule has 0 amide bonds. The second kappa shape index (κ2) is 7.08. The van der Waals surface area contributed by atoms with Crippen LogP contribution in [0.2, 0.25) is 0 Å². The minimum absolute atomic E-state index is 0.445. The number of rotatable bonds is 6. The first-order valence-corrected chi connectivity index (χ1v) is 6.87. The molecule has 1 aromatic rings. The van der Waals surface area contributed by atoms with Gasteiger partial charge in [0.2, 0.25) is 0 Å². The summed E-state index contributed by atoms with van der Waals surface area (Å²) >= 11 is 3.45. The van der Waals surface area contributed by atoms with Gasteiger partial charge in [0.15, 0.2) is 0 Å². The van der Waals surface area contributed by atoms with E-state index in [2.05, 4.69) is 66.3 Å². The van der Waals surface area contributed by atoms with Gasteiger partial charge in [0.25, 0.3) is 0 Å². The summed E-state index contributed by atoms with van der Waals surface area (Å²) in [6.45, 7) is 7.88. The quantitative estimate of drug-likeness (QED) is 0.756. The van der Waals surface area contributed by atoms with Gasteiger partial charge in [0.05, 0.1) is 0 Å². The van der Waals surface area contributed by atoms with Crippen LogP contribution in [0.1, 0.15) is 45.2 Å². The fourth-order valence-electron chi connectivity index (χ4n) is 1.70. The summed E-state index contributed by atoms with van der Waals surface area (Å²) in [7, 11) is 0. The Hall–Kier alpha value is -0.340. The predicted molar refractivity (Wildman–Crippen MR) is 74.6 cm³/mol. The van der Waals surface area contributed by atoms with Crippen LogP contribution in [0.15, 0.2) is 28.7 Å². The van der Waals surface area contributed by atoms with Crippen LogP contribution < -0.4 is 5.32 Å². The number of hydrogen-bond donors (Lipinski definition) is 1. The van der Waals surface area contributed by atoms with E-state index in [1.807, 2.05) is 0 Å². The van der Waals surface area contributed by atoms with Crippen LogP contribution in [0.4, 0.5) is 0 Å². The van der Waals surface area contributed by atoms with Crippen LogP contribution in [0, 0.1) is 5.92 Å². The topological polar surface area (TPSA) is 12.0 Å². The van der Waals surface area contributed by atoms with E-state index in [0.29, 0.717) is 6.04 Å². The van der Waals surface area contributed by atoms with Gasteiger partial charge in [-0.15, -0.1) is 0 Å². The van der Waals surface area contributed by atoms with E-state index in [4.69, 9.17) is 0 Å². The average molecular weight is 284 g/mol. The molecule has 0 heterocycles. The standard InChI is InChI=1S/C14H22BrN/c1-11(2)5-4-10-16-12(3)13-6-8-14(15)9-7-13/h6-9,11-12,16H,4-5,10H2,1-3H3. The average Bonchev–Trinajstić information content (AvgIpc) is 2.25. The molecule has 1 unspecified atom stereocenters. The number of halogens is 1. The predicted octanol–water partition coefficient (Wildman–Crippen LogP) is 4.54. The third kappa shape index (κ3) is 5.13. The van der Waals surface area contributed by atoms with Crippen molar-refractivity contribution in [2.24, 2.45) is 5.92 Å². The molecular weight excluding hydrogens is 262 g/mol. The smallest absolute Gasteiger partial charge is 0.0291 e. The number of hydrogen-bond acceptors (Lipinski definition) is 1. The minimum atomic E-state index is 0.445. The van der Waals surface area contributed by atoms with Crippen molar-refractivity contribution in [2.75, 3.05) is 6.54 Å². The van der Waals surface area contributed by atoms with Gasteiger partial charge in [-0.05, 0) is 49.9 Å². The summed E-state index contributed by atoms with van der Waals surface area (Å²) in [6, 6.07) is 8.98. The summed E-state index contributed by atoms with van der Waals surface area (Å²) in [6.07, 6.45) is 2.57. The molecule has 1 atom stereocenters. The number of benzene rings is 1. The van der Waals surface area contributed by atoms with Gasteiger partial charge in [-0.3, -0.25) is 0 Å². The molecule has 0 aliphatic rings. The zero-order valence-electron chi connectivity index (χ0n) is 10.5. The van der Waals surface area contributed by atoms with Crippen LogP contribution >= 0.6 is 15.9 Å². The van der Waals surface area contributed by atoms with E-state index in [9.17, 15) is 0 Å². The lowest BCUT2D eigenvalue weighted by molar-refractivity contribution is 0.497. The van der Waals surface area contributed by atoms with Crippen LogP contribution in [-0.2, 0) is 0 Å². The molecule has 0 aliphatic carbocycles. The molecule has 0 spiro atoms. The van der Waals surface area contributed by atoms with E-state index >= 15 is 0 Å². The maximum Gasteiger partial charge on any atom is 0.0291 e. The van der Waals surface area contributed by atoms with Gasteiger partial charge in [0.1, 0.15) is 0 Å². The SMILES string of the molecule is CC(C)CCCNC(C)c1ccc(Br)cc1. The van der Waals surface area contributed by atoms with Crippen molar-refractivity contribution in [3.05, 3.63) is 34.3 Å². The molecule has 0 saturated carbocycles. The second-order valence-corrected chi connectivity index (χ2v) is 5.68. The van der Waals surface area contributed by atoms with Gasteiger partial charge in [-0.1, -0.05) is 41.9 Å². The fraction of sp³-hybridized carbons (Fsp3) is 0.571. The molecule has 1 rings (SSSR count). The van der Waals surface area contributed by atoms with E-state index in [1.165, 1.54) is 18.4 Å². The summed E-state index contributed by atoms with van der Waals surface area (Å²) in [4.78, 5) is 0. The van der Waals surface area contributed by atoms with Gasteiger partial charge in [-0.2, -0.15) is 0 Å². The van der Waals surface area contributed by atoms with Crippen LogP contribution in [0.3, 0.4) is 0 Å². The van der Waals surface area contributed by atoms with Gasteiger partial charge in [0, 0.05) is 10.5 Å². The molecule has 0 bridgehead atoms. The molecular formula is C14H22BrN. The van der Waals surface area contributed by atoms with Crippen molar-refractivity contribution in [3.8, 4) is 0 Å². The van der Waals surface area contributed by atoms with E-state index in [1.54, 1.807) is 0 Å².